The van der Waals surface area contributed by atoms with Crippen LogP contribution in [0.3, 0.4) is 0 Å². The normalized spacial score (nSPS) is 25.0. The lowest BCUT2D eigenvalue weighted by atomic mass is 9.84. The van der Waals surface area contributed by atoms with Gasteiger partial charge in [0.05, 0.1) is 25.5 Å². The minimum atomic E-state index is 0.0340. The molecule has 0 saturated carbocycles. The molecule has 6 heteroatoms. The van der Waals surface area contributed by atoms with Crippen molar-refractivity contribution >= 4 is 5.91 Å². The van der Waals surface area contributed by atoms with E-state index in [4.69, 9.17) is 9.15 Å². The topological polar surface area (TPSA) is 58.8 Å². The van der Waals surface area contributed by atoms with Gasteiger partial charge in [0.25, 0.3) is 5.91 Å². The van der Waals surface area contributed by atoms with Crippen LogP contribution in [0.1, 0.15) is 28.4 Å². The third-order valence-corrected chi connectivity index (χ3v) is 5.70. The third-order valence-electron chi connectivity index (χ3n) is 5.70. The number of nitrogens with zero attached hydrogens (tertiary/aromatic N) is 3. The maximum absolute atomic E-state index is 12.9. The molecule has 0 N–H and O–H groups in total. The number of aromatic nitrogens is 1. The maximum Gasteiger partial charge on any atom is 0.272 e. The largest absolute Gasteiger partial charge is 0.468 e. The Morgan fingerprint density at radius 2 is 2.22 bits per heavy atom. The van der Waals surface area contributed by atoms with Gasteiger partial charge < -0.3 is 14.1 Å². The second kappa shape index (κ2) is 7.82. The SMILES string of the molecule is Cc1cccc(C(=O)N2CC[C@@H]3CO[C@@H](CN(C)Cc4ccco4)[C@@H]3C2)n1. The van der Waals surface area contributed by atoms with E-state index in [0.29, 0.717) is 17.5 Å². The molecule has 0 unspecified atom stereocenters. The van der Waals surface area contributed by atoms with Crippen molar-refractivity contribution in [3.05, 3.63) is 53.7 Å². The van der Waals surface area contributed by atoms with Gasteiger partial charge in [0.2, 0.25) is 0 Å². The highest BCUT2D eigenvalue weighted by atomic mass is 16.5. The van der Waals surface area contributed by atoms with Gasteiger partial charge in [0, 0.05) is 31.2 Å². The Bertz CT molecular complexity index is 777. The molecule has 2 aliphatic rings. The number of hydrogen-bond donors (Lipinski definition) is 0. The van der Waals surface area contributed by atoms with Crippen LogP contribution >= 0.6 is 0 Å². The summed E-state index contributed by atoms with van der Waals surface area (Å²) in [5, 5.41) is 0. The van der Waals surface area contributed by atoms with Gasteiger partial charge in [-0.05, 0) is 50.6 Å². The fourth-order valence-electron chi connectivity index (χ4n) is 4.27. The van der Waals surface area contributed by atoms with E-state index in [1.807, 2.05) is 36.1 Å². The van der Waals surface area contributed by atoms with Gasteiger partial charge in [-0.25, -0.2) is 4.98 Å². The predicted octanol–water partition coefficient (Wildman–Crippen LogP) is 2.59. The number of likely N-dealkylation sites (N-methyl/N-ethyl adjacent to an activating group) is 1. The van der Waals surface area contributed by atoms with Gasteiger partial charge in [0.1, 0.15) is 11.5 Å². The summed E-state index contributed by atoms with van der Waals surface area (Å²) in [4.78, 5) is 21.5. The zero-order valence-corrected chi connectivity index (χ0v) is 16.0. The molecule has 27 heavy (non-hydrogen) atoms. The van der Waals surface area contributed by atoms with Crippen molar-refractivity contribution < 1.29 is 13.9 Å². The molecule has 0 radical (unpaired) electrons. The number of likely N-dealkylation sites (tertiary alicyclic amines) is 1. The number of aryl methyl sites for hydroxylation is 1. The molecule has 144 valence electrons. The van der Waals surface area contributed by atoms with Crippen LogP contribution < -0.4 is 0 Å². The zero-order chi connectivity index (χ0) is 18.8. The van der Waals surface area contributed by atoms with Crippen molar-refractivity contribution in [2.75, 3.05) is 33.3 Å². The van der Waals surface area contributed by atoms with Crippen LogP contribution in [0.5, 0.6) is 0 Å². The highest BCUT2D eigenvalue weighted by Gasteiger charge is 2.42. The first-order valence-electron chi connectivity index (χ1n) is 9.65. The fourth-order valence-corrected chi connectivity index (χ4v) is 4.27. The second-order valence-electron chi connectivity index (χ2n) is 7.78. The monoisotopic (exact) mass is 369 g/mol. The Balaban J connectivity index is 1.39. The van der Waals surface area contributed by atoms with E-state index in [1.54, 1.807) is 12.3 Å². The van der Waals surface area contributed by atoms with E-state index in [0.717, 1.165) is 50.7 Å². The van der Waals surface area contributed by atoms with Gasteiger partial charge in [-0.15, -0.1) is 0 Å². The molecule has 4 rings (SSSR count). The van der Waals surface area contributed by atoms with E-state index >= 15 is 0 Å². The summed E-state index contributed by atoms with van der Waals surface area (Å²) >= 11 is 0. The molecule has 2 aromatic heterocycles. The zero-order valence-electron chi connectivity index (χ0n) is 16.0. The van der Waals surface area contributed by atoms with Gasteiger partial charge in [-0.2, -0.15) is 0 Å². The first-order chi connectivity index (χ1) is 13.1. The van der Waals surface area contributed by atoms with E-state index in [2.05, 4.69) is 16.9 Å². The molecule has 0 bridgehead atoms. The highest BCUT2D eigenvalue weighted by Crippen LogP contribution is 2.35. The average molecular weight is 369 g/mol. The van der Waals surface area contributed by atoms with Crippen LogP contribution in [-0.4, -0.2) is 60.1 Å². The minimum Gasteiger partial charge on any atom is -0.468 e. The Morgan fingerprint density at radius 3 is 3.00 bits per heavy atom. The number of rotatable bonds is 5. The number of hydrogen-bond acceptors (Lipinski definition) is 5. The van der Waals surface area contributed by atoms with Crippen LogP contribution in [-0.2, 0) is 11.3 Å². The van der Waals surface area contributed by atoms with Crippen LogP contribution in [0.2, 0.25) is 0 Å². The molecule has 2 saturated heterocycles. The van der Waals surface area contributed by atoms with Gasteiger partial charge in [-0.3, -0.25) is 9.69 Å². The van der Waals surface area contributed by atoms with Crippen LogP contribution in [0, 0.1) is 18.8 Å². The highest BCUT2D eigenvalue weighted by molar-refractivity contribution is 5.92. The smallest absolute Gasteiger partial charge is 0.272 e. The van der Waals surface area contributed by atoms with Crippen LogP contribution in [0.4, 0.5) is 0 Å². The van der Waals surface area contributed by atoms with Gasteiger partial charge in [-0.1, -0.05) is 6.07 Å². The number of furan rings is 1. The van der Waals surface area contributed by atoms with Crippen LogP contribution in [0.25, 0.3) is 0 Å². The lowest BCUT2D eigenvalue weighted by Crippen LogP contribution is -2.47. The van der Waals surface area contributed by atoms with Crippen molar-refractivity contribution in [3.63, 3.8) is 0 Å². The van der Waals surface area contributed by atoms with Crippen molar-refractivity contribution in [3.8, 4) is 0 Å². The van der Waals surface area contributed by atoms with Crippen LogP contribution in [0.15, 0.2) is 41.0 Å². The second-order valence-corrected chi connectivity index (χ2v) is 7.78. The summed E-state index contributed by atoms with van der Waals surface area (Å²) in [6, 6.07) is 9.52. The standard InChI is InChI=1S/C21H27N3O3/c1-15-5-3-7-19(22-15)21(25)24-9-8-16-14-27-20(18(16)12-24)13-23(2)11-17-6-4-10-26-17/h3-7,10,16,18,20H,8-9,11-14H2,1-2H3/t16-,18-,20+/m1/s1. The van der Waals surface area contributed by atoms with E-state index < -0.39 is 0 Å². The Labute approximate surface area is 160 Å². The molecule has 2 fully saturated rings. The van der Waals surface area contributed by atoms with E-state index in [1.165, 1.54) is 0 Å². The van der Waals surface area contributed by atoms with E-state index in [-0.39, 0.29) is 12.0 Å². The van der Waals surface area contributed by atoms with Crippen molar-refractivity contribution in [2.24, 2.45) is 11.8 Å². The maximum atomic E-state index is 12.9. The van der Waals surface area contributed by atoms with E-state index in [9.17, 15) is 4.79 Å². The first kappa shape index (κ1) is 18.2. The van der Waals surface area contributed by atoms with Gasteiger partial charge >= 0.3 is 0 Å². The van der Waals surface area contributed by atoms with Crippen molar-refractivity contribution in [1.82, 2.24) is 14.8 Å². The molecule has 0 aliphatic carbocycles. The summed E-state index contributed by atoms with van der Waals surface area (Å²) in [7, 11) is 2.08. The van der Waals surface area contributed by atoms with Crippen molar-refractivity contribution in [1.29, 1.82) is 0 Å². The number of carbonyl (C=O) groups excluding carboxylic acids is 1. The number of amides is 1. The lowest BCUT2D eigenvalue weighted by Gasteiger charge is -2.36. The molecule has 1 amide bonds. The molecule has 3 atom stereocenters. The third kappa shape index (κ3) is 4.06. The summed E-state index contributed by atoms with van der Waals surface area (Å²) in [5.41, 5.74) is 1.41. The predicted molar refractivity (Wildman–Crippen MR) is 101 cm³/mol. The number of pyridine rings is 1. The Hall–Kier alpha value is -2.18. The first-order valence-corrected chi connectivity index (χ1v) is 9.65. The number of carbonyl (C=O) groups is 1. The molecule has 4 heterocycles. The molecular formula is C21H27N3O3. The summed E-state index contributed by atoms with van der Waals surface area (Å²) in [6.07, 6.45) is 2.85. The lowest BCUT2D eigenvalue weighted by molar-refractivity contribution is 0.0417. The molecule has 2 aliphatic heterocycles. The molecule has 2 aromatic rings. The molecular weight excluding hydrogens is 342 g/mol. The molecule has 0 spiro atoms. The number of fused-ring (bicyclic) bond motifs is 1. The fraction of sp³-hybridized carbons (Fsp3) is 0.524. The Morgan fingerprint density at radius 1 is 1.33 bits per heavy atom. The van der Waals surface area contributed by atoms with Crippen molar-refractivity contribution in [2.45, 2.75) is 26.0 Å². The molecule has 0 aromatic carbocycles. The number of piperidine rings is 1. The Kier molecular flexibility index (Phi) is 5.27. The molecule has 6 nitrogen and oxygen atoms in total. The van der Waals surface area contributed by atoms with Gasteiger partial charge in [0.15, 0.2) is 0 Å². The summed E-state index contributed by atoms with van der Waals surface area (Å²) < 4.78 is 11.6. The summed E-state index contributed by atoms with van der Waals surface area (Å²) in [6.45, 7) is 5.85. The quantitative estimate of drug-likeness (QED) is 0.811. The minimum absolute atomic E-state index is 0.0340. The summed E-state index contributed by atoms with van der Waals surface area (Å²) in [5.74, 6) is 1.91. The number of ether oxygens (including phenoxy) is 1. The average Bonchev–Trinajstić information content (AvgIpc) is 3.31.